The maximum absolute atomic E-state index is 14.5. The molecule has 0 spiro atoms. The molecule has 0 amide bonds. The number of fused-ring (bicyclic) bond motifs is 1. The van der Waals surface area contributed by atoms with E-state index in [1.54, 1.807) is 0 Å². The van der Waals surface area contributed by atoms with Crippen LogP contribution in [0.25, 0.3) is 5.57 Å². The Kier molecular flexibility index (Phi) is 4.38. The van der Waals surface area contributed by atoms with E-state index in [1.807, 2.05) is 42.5 Å². The lowest BCUT2D eigenvalue weighted by Gasteiger charge is -2.28. The van der Waals surface area contributed by atoms with Gasteiger partial charge in [0, 0.05) is 30.8 Å². The summed E-state index contributed by atoms with van der Waals surface area (Å²) in [6.07, 6.45) is 3.15. The van der Waals surface area contributed by atoms with Crippen LogP contribution in [0, 0.1) is 0 Å². The Balaban J connectivity index is 1.94. The van der Waals surface area contributed by atoms with Gasteiger partial charge >= 0.3 is 0 Å². The first-order chi connectivity index (χ1) is 10.8. The normalized spacial score (nSPS) is 13.7. The quantitative estimate of drug-likeness (QED) is 0.701. The summed E-state index contributed by atoms with van der Waals surface area (Å²) in [6, 6.07) is 18.2. The number of aryl methyl sites for hydroxylation is 1. The first kappa shape index (κ1) is 14.6. The lowest BCUT2D eigenvalue weighted by molar-refractivity contribution is 0.582. The van der Waals surface area contributed by atoms with E-state index in [4.69, 9.17) is 0 Å². The first-order valence-electron chi connectivity index (χ1n) is 7.66. The number of anilines is 1. The summed E-state index contributed by atoms with van der Waals surface area (Å²) < 4.78 is 14.5. The van der Waals surface area contributed by atoms with Gasteiger partial charge in [-0.2, -0.15) is 0 Å². The van der Waals surface area contributed by atoms with Gasteiger partial charge < -0.3 is 4.90 Å². The first-order valence-corrected chi connectivity index (χ1v) is 7.66. The van der Waals surface area contributed by atoms with Crippen LogP contribution in [-0.2, 0) is 6.42 Å². The van der Waals surface area contributed by atoms with E-state index >= 15 is 0 Å². The third kappa shape index (κ3) is 2.96. The lowest BCUT2D eigenvalue weighted by Crippen LogP contribution is -2.26. The summed E-state index contributed by atoms with van der Waals surface area (Å²) in [5.74, 6) is 0.0173. The Labute approximate surface area is 131 Å². The van der Waals surface area contributed by atoms with Gasteiger partial charge in [0.15, 0.2) is 0 Å². The van der Waals surface area contributed by atoms with Gasteiger partial charge in [0.05, 0.1) is 0 Å². The minimum Gasteiger partial charge on any atom is -0.363 e. The molecule has 0 saturated heterocycles. The van der Waals surface area contributed by atoms with Crippen LogP contribution in [0.15, 0.2) is 73.1 Å². The van der Waals surface area contributed by atoms with E-state index in [-0.39, 0.29) is 5.83 Å². The van der Waals surface area contributed by atoms with Crippen LogP contribution in [-0.4, -0.2) is 13.1 Å². The molecule has 112 valence electrons. The maximum Gasteiger partial charge on any atom is 0.106 e. The van der Waals surface area contributed by atoms with Gasteiger partial charge in [-0.25, -0.2) is 4.39 Å². The summed E-state index contributed by atoms with van der Waals surface area (Å²) in [5, 5.41) is 0. The number of nitrogens with zero attached hydrogens (tertiary/aromatic N) is 1. The average Bonchev–Trinajstić information content (AvgIpc) is 2.57. The molecule has 2 aromatic carbocycles. The molecular formula is C20H20FN. The van der Waals surface area contributed by atoms with Crippen molar-refractivity contribution in [3.63, 3.8) is 0 Å². The van der Waals surface area contributed by atoms with E-state index in [2.05, 4.69) is 29.7 Å². The highest BCUT2D eigenvalue weighted by molar-refractivity contribution is 5.75. The van der Waals surface area contributed by atoms with E-state index in [0.29, 0.717) is 19.5 Å². The molecule has 1 aliphatic carbocycles. The van der Waals surface area contributed by atoms with Crippen molar-refractivity contribution in [3.8, 4) is 0 Å². The summed E-state index contributed by atoms with van der Waals surface area (Å²) in [4.78, 5) is 2.16. The fourth-order valence-corrected chi connectivity index (χ4v) is 2.99. The zero-order chi connectivity index (χ0) is 15.4. The monoisotopic (exact) mass is 293 g/mol. The molecule has 0 N–H and O–H groups in total. The van der Waals surface area contributed by atoms with Crippen LogP contribution in [0.5, 0.6) is 0 Å². The summed E-state index contributed by atoms with van der Waals surface area (Å²) in [6.45, 7) is 5.10. The molecule has 2 heteroatoms. The molecule has 0 heterocycles. The zero-order valence-corrected chi connectivity index (χ0v) is 12.6. The van der Waals surface area contributed by atoms with Gasteiger partial charge in [-0.3, -0.25) is 0 Å². The third-order valence-corrected chi connectivity index (χ3v) is 4.10. The van der Waals surface area contributed by atoms with Crippen molar-refractivity contribution in [1.82, 2.24) is 0 Å². The van der Waals surface area contributed by atoms with Crippen LogP contribution in [0.1, 0.15) is 17.5 Å². The molecule has 0 aliphatic heterocycles. The molecule has 0 fully saturated rings. The fourth-order valence-electron chi connectivity index (χ4n) is 2.99. The second kappa shape index (κ2) is 6.61. The average molecular weight is 293 g/mol. The van der Waals surface area contributed by atoms with Crippen molar-refractivity contribution in [2.75, 3.05) is 18.0 Å². The number of hydrogen-bond donors (Lipinski definition) is 0. The summed E-state index contributed by atoms with van der Waals surface area (Å²) in [5.41, 5.74) is 4.19. The Bertz CT molecular complexity index is 688. The molecule has 0 bridgehead atoms. The molecule has 0 aromatic heterocycles. The van der Waals surface area contributed by atoms with E-state index in [0.717, 1.165) is 23.2 Å². The van der Waals surface area contributed by atoms with Crippen molar-refractivity contribution in [2.24, 2.45) is 0 Å². The molecule has 0 unspecified atom stereocenters. The van der Waals surface area contributed by atoms with Crippen LogP contribution in [0.4, 0.5) is 10.1 Å². The number of benzene rings is 2. The predicted molar refractivity (Wildman–Crippen MR) is 91.6 cm³/mol. The zero-order valence-electron chi connectivity index (χ0n) is 12.6. The number of para-hydroxylation sites is 1. The minimum absolute atomic E-state index is 0.0173. The largest absolute Gasteiger partial charge is 0.363 e. The van der Waals surface area contributed by atoms with Crippen molar-refractivity contribution in [3.05, 3.63) is 84.2 Å². The van der Waals surface area contributed by atoms with Crippen LogP contribution in [0.2, 0.25) is 0 Å². The number of halogens is 1. The molecule has 2 aromatic rings. The van der Waals surface area contributed by atoms with Crippen LogP contribution < -0.4 is 4.90 Å². The Morgan fingerprint density at radius 3 is 2.50 bits per heavy atom. The topological polar surface area (TPSA) is 3.24 Å². The molecule has 3 rings (SSSR count). The van der Waals surface area contributed by atoms with Gasteiger partial charge in [-0.1, -0.05) is 48.5 Å². The summed E-state index contributed by atoms with van der Waals surface area (Å²) in [7, 11) is 0. The van der Waals surface area contributed by atoms with Crippen molar-refractivity contribution in [2.45, 2.75) is 12.8 Å². The molecule has 22 heavy (non-hydrogen) atoms. The van der Waals surface area contributed by atoms with Gasteiger partial charge in [-0.15, -0.1) is 6.58 Å². The second-order valence-electron chi connectivity index (χ2n) is 5.55. The van der Waals surface area contributed by atoms with E-state index in [9.17, 15) is 4.39 Å². The van der Waals surface area contributed by atoms with Crippen molar-refractivity contribution in [1.29, 1.82) is 0 Å². The van der Waals surface area contributed by atoms with Gasteiger partial charge in [0.1, 0.15) is 5.83 Å². The molecule has 1 aliphatic rings. The smallest absolute Gasteiger partial charge is 0.106 e. The van der Waals surface area contributed by atoms with Gasteiger partial charge in [-0.05, 0) is 29.7 Å². The predicted octanol–water partition coefficient (Wildman–Crippen LogP) is 5.01. The number of rotatable bonds is 5. The minimum atomic E-state index is 0.0173. The SMILES string of the molecule is C=CCN(CC1=C(F)CCc2ccccc21)c1ccccc1. The highest BCUT2D eigenvalue weighted by Crippen LogP contribution is 2.33. The maximum atomic E-state index is 14.5. The molecular weight excluding hydrogens is 273 g/mol. The standard InChI is InChI=1S/C20H20FN/c1-2-14-22(17-9-4-3-5-10-17)15-19-18-11-7-6-8-16(18)12-13-20(19)21/h2-11H,1,12-15H2. The van der Waals surface area contributed by atoms with Crippen LogP contribution in [0.3, 0.4) is 0 Å². The van der Waals surface area contributed by atoms with Crippen molar-refractivity contribution >= 4 is 11.3 Å². The Hall–Kier alpha value is -2.35. The van der Waals surface area contributed by atoms with Gasteiger partial charge in [0.25, 0.3) is 0 Å². The number of hydrogen-bond acceptors (Lipinski definition) is 1. The fraction of sp³-hybridized carbons (Fsp3) is 0.200. The molecule has 1 nitrogen and oxygen atoms in total. The van der Waals surface area contributed by atoms with E-state index in [1.165, 1.54) is 5.56 Å². The number of allylic oxidation sites excluding steroid dienone is 1. The molecule has 0 saturated carbocycles. The lowest BCUT2D eigenvalue weighted by atomic mass is 9.89. The molecule has 0 radical (unpaired) electrons. The highest BCUT2D eigenvalue weighted by atomic mass is 19.1. The van der Waals surface area contributed by atoms with Gasteiger partial charge in [0.2, 0.25) is 0 Å². The highest BCUT2D eigenvalue weighted by Gasteiger charge is 2.20. The Morgan fingerprint density at radius 2 is 1.73 bits per heavy atom. The van der Waals surface area contributed by atoms with Crippen molar-refractivity contribution < 1.29 is 4.39 Å². The molecule has 0 atom stereocenters. The van der Waals surface area contributed by atoms with Crippen LogP contribution >= 0.6 is 0 Å². The third-order valence-electron chi connectivity index (χ3n) is 4.10. The second-order valence-corrected chi connectivity index (χ2v) is 5.55. The van der Waals surface area contributed by atoms with E-state index < -0.39 is 0 Å². The Morgan fingerprint density at radius 1 is 1.00 bits per heavy atom. The summed E-state index contributed by atoms with van der Waals surface area (Å²) >= 11 is 0.